The molecule has 0 fully saturated rings. The number of carbonyl (C=O) groups excluding carboxylic acids is 5. The summed E-state index contributed by atoms with van der Waals surface area (Å²) in [7, 11) is 0. The Morgan fingerprint density at radius 2 is 0.520 bits per heavy atom. The molecule has 0 aliphatic heterocycles. The third kappa shape index (κ3) is 23.1. The van der Waals surface area contributed by atoms with Crippen molar-refractivity contribution in [3.05, 3.63) is 343 Å². The van der Waals surface area contributed by atoms with Gasteiger partial charge < -0.3 is 43.8 Å². The molecule has 0 aliphatic rings. The van der Waals surface area contributed by atoms with Crippen LogP contribution < -0.4 is 34.3 Å². The number of azo groups is 4. The van der Waals surface area contributed by atoms with Gasteiger partial charge in [-0.15, -0.1) is 30.7 Å². The fraction of sp³-hybridized carbons (Fsp3) is 0.158. The van der Waals surface area contributed by atoms with E-state index in [1.807, 2.05) is 170 Å². The van der Waals surface area contributed by atoms with Crippen LogP contribution in [0.5, 0.6) is 28.7 Å². The minimum Gasteiger partial charge on any atom is -0.494 e. The molecule has 22 heteroatoms. The summed E-state index contributed by atoms with van der Waals surface area (Å²) in [6.45, 7) is 13.3. The van der Waals surface area contributed by atoms with Gasteiger partial charge in [-0.25, -0.2) is 24.0 Å². The predicted molar refractivity (Wildman–Crippen MR) is 480 cm³/mol. The van der Waals surface area contributed by atoms with Gasteiger partial charge in [-0.05, 0) is 246 Å². The number of carbonyl (C=O) groups is 5. The van der Waals surface area contributed by atoms with Gasteiger partial charge in [-0.1, -0.05) is 134 Å². The molecule has 0 saturated carbocycles. The molecule has 2 N–H and O–H groups in total. The molecule has 22 nitrogen and oxygen atoms in total. The van der Waals surface area contributed by atoms with Crippen molar-refractivity contribution in [1.29, 1.82) is 0 Å². The molecule has 0 aromatic heterocycles. The lowest BCUT2D eigenvalue weighted by Crippen LogP contribution is -2.08. The molecule has 0 heterocycles. The molecule has 14 aromatic rings. The van der Waals surface area contributed by atoms with Gasteiger partial charge in [0.15, 0.2) is 0 Å². The quantitative estimate of drug-likeness (QED) is 0.0120. The molecule has 0 bridgehead atoms. The lowest BCUT2D eigenvalue weighted by atomic mass is 10.1. The summed E-state index contributed by atoms with van der Waals surface area (Å²) in [5, 5.41) is 51.7. The average molecular weight is 1630 g/mol. The van der Waals surface area contributed by atoms with Crippen LogP contribution in [0.4, 0.5) is 56.9 Å². The Bertz CT molecular complexity index is 6280. The summed E-state index contributed by atoms with van der Waals surface area (Å²) in [5.41, 5.74) is 10.8. The van der Waals surface area contributed by atoms with E-state index in [1.165, 1.54) is 0 Å². The Hall–Kier alpha value is -15.5. The molecule has 614 valence electrons. The van der Waals surface area contributed by atoms with Crippen LogP contribution in [0.3, 0.4) is 0 Å². The number of nitrogens with zero attached hydrogens (tertiary/aromatic N) is 8. The minimum absolute atomic E-state index is 0.325. The Morgan fingerprint density at radius 1 is 0.268 bits per heavy atom. The number of esters is 5. The summed E-state index contributed by atoms with van der Waals surface area (Å²) in [5.74, 6) is 0.299. The number of unbranched alkanes of at least 4 members (excludes halogenated alkanes) is 6. The average Bonchev–Trinajstić information content (AvgIpc) is 0.796. The van der Waals surface area contributed by atoms with Crippen molar-refractivity contribution in [2.45, 2.75) is 78.3 Å². The molecule has 123 heavy (non-hydrogen) atoms. The second kappa shape index (κ2) is 41.8. The van der Waals surface area contributed by atoms with Crippen LogP contribution in [-0.2, 0) is 32.2 Å². The number of anilines is 2. The maximum absolute atomic E-state index is 13.4. The Morgan fingerprint density at radius 3 is 0.837 bits per heavy atom. The van der Waals surface area contributed by atoms with E-state index in [0.29, 0.717) is 142 Å². The molecular weight excluding hydrogens is 1550 g/mol. The zero-order valence-electron chi connectivity index (χ0n) is 68.0. The van der Waals surface area contributed by atoms with Crippen LogP contribution in [0.1, 0.15) is 107 Å². The normalized spacial score (nSPS) is 11.4. The van der Waals surface area contributed by atoms with E-state index < -0.39 is 17.9 Å². The van der Waals surface area contributed by atoms with Crippen LogP contribution in [0.2, 0.25) is 0 Å². The number of fused-ring (bicyclic) bond motifs is 4. The highest BCUT2D eigenvalue weighted by Crippen LogP contribution is 2.41. The monoisotopic (exact) mass is 1630 g/mol. The van der Waals surface area contributed by atoms with Crippen LogP contribution in [0, 0.1) is 0 Å². The lowest BCUT2D eigenvalue weighted by molar-refractivity contribution is -0.139. The largest absolute Gasteiger partial charge is 0.494 e. The van der Waals surface area contributed by atoms with E-state index in [2.05, 4.69) is 44.2 Å². The summed E-state index contributed by atoms with van der Waals surface area (Å²) >= 11 is 0. The van der Waals surface area contributed by atoms with Crippen molar-refractivity contribution < 1.29 is 57.1 Å². The summed E-state index contributed by atoms with van der Waals surface area (Å²) in [4.78, 5) is 62.6. The van der Waals surface area contributed by atoms with E-state index in [1.54, 1.807) is 135 Å². The molecule has 0 aliphatic carbocycles. The Balaban J connectivity index is 0.524. The van der Waals surface area contributed by atoms with Crippen molar-refractivity contribution in [3.8, 4) is 28.7 Å². The smallest absolute Gasteiger partial charge is 0.343 e. The van der Waals surface area contributed by atoms with E-state index in [9.17, 15) is 24.0 Å². The minimum atomic E-state index is -0.549. The van der Waals surface area contributed by atoms with Crippen molar-refractivity contribution in [2.75, 3.05) is 37.1 Å². The van der Waals surface area contributed by atoms with Crippen molar-refractivity contribution in [1.82, 2.24) is 0 Å². The molecule has 0 spiro atoms. The number of rotatable bonds is 38. The van der Waals surface area contributed by atoms with E-state index in [4.69, 9.17) is 53.6 Å². The molecule has 0 saturated heterocycles. The summed E-state index contributed by atoms with van der Waals surface area (Å²) in [6.07, 6.45) is 6.99. The maximum Gasteiger partial charge on any atom is 0.343 e. The number of nitrogens with one attached hydrogen (secondary N) is 2. The van der Waals surface area contributed by atoms with Crippen LogP contribution in [-0.4, -0.2) is 56.3 Å². The topological polar surface area (TPSA) is 273 Å². The van der Waals surface area contributed by atoms with Gasteiger partial charge in [0.2, 0.25) is 0 Å². The summed E-state index contributed by atoms with van der Waals surface area (Å²) < 4.78 is 39.2. The van der Waals surface area contributed by atoms with Gasteiger partial charge in [-0.3, -0.25) is 0 Å². The van der Waals surface area contributed by atoms with Crippen molar-refractivity contribution >= 4 is 130 Å². The zero-order chi connectivity index (χ0) is 85.1. The molecule has 14 aromatic carbocycles. The van der Waals surface area contributed by atoms with Gasteiger partial charge in [0.25, 0.3) is 0 Å². The van der Waals surface area contributed by atoms with Gasteiger partial charge in [0.1, 0.15) is 28.7 Å². The standard InChI is InChI=1S/C101H88N10O12/c1-67(2)97(112)119-63-19-7-5-17-61-117-76-47-35-72(36-48-76)100(115)121-78-43-29-69(30-44-78)65-102-89-53-55-93(83-23-11-9-21-81(83)89)108-110-95-59-57-91(85-25-13-15-27-87(85)95)106-104-74-39-33-71(34-40-74)99(114)123-80-51-41-75(42-52-80)105-107-92-58-60-96(88-28-16-14-26-86(88)92)111-109-94-56-54-90(82-22-10-12-24-84(82)94)103-66-70-31-45-79(46-32-70)122-101(116)73-37-49-77(50-38-73)118-62-18-6-8-20-64-120-98(113)68(3)4/h9-16,21-60,102-103H,1,3,5-8,17-20,61-66H2,2,4H3. The highest BCUT2D eigenvalue weighted by molar-refractivity contribution is 6.04. The van der Waals surface area contributed by atoms with Gasteiger partial charge in [0, 0.05) is 78.7 Å². The van der Waals surface area contributed by atoms with E-state index in [-0.39, 0.29) is 11.9 Å². The third-order valence-corrected chi connectivity index (χ3v) is 20.0. The fourth-order valence-electron chi connectivity index (χ4n) is 13.3. The molecule has 0 amide bonds. The van der Waals surface area contributed by atoms with Crippen molar-refractivity contribution in [3.63, 3.8) is 0 Å². The first-order chi connectivity index (χ1) is 60.2. The second-order valence-corrected chi connectivity index (χ2v) is 29.1. The number of benzene rings is 14. The van der Waals surface area contributed by atoms with Crippen molar-refractivity contribution in [2.24, 2.45) is 40.9 Å². The maximum atomic E-state index is 13.4. The van der Waals surface area contributed by atoms with E-state index >= 15 is 0 Å². The number of hydrogen-bond donors (Lipinski definition) is 2. The van der Waals surface area contributed by atoms with E-state index in [0.717, 1.165) is 117 Å². The molecule has 0 atom stereocenters. The molecule has 0 radical (unpaired) electrons. The van der Waals surface area contributed by atoms with Gasteiger partial charge >= 0.3 is 29.8 Å². The Kier molecular flexibility index (Phi) is 28.5. The fourth-order valence-corrected chi connectivity index (χ4v) is 13.3. The summed E-state index contributed by atoms with van der Waals surface area (Å²) in [6, 6.07) is 89.1. The predicted octanol–water partition coefficient (Wildman–Crippen LogP) is 27.0. The highest BCUT2D eigenvalue weighted by atomic mass is 16.6. The second-order valence-electron chi connectivity index (χ2n) is 29.1. The number of ether oxygens (including phenoxy) is 7. The first kappa shape index (κ1) is 84.0. The molecule has 14 rings (SSSR count). The third-order valence-electron chi connectivity index (χ3n) is 20.0. The SMILES string of the molecule is C=C(C)C(=O)OCCCCCCOc1ccc(C(=O)Oc2ccc(CNc3ccc(N=Nc4ccc(N=Nc5ccc(OC(=O)c6ccc(N=Nc7ccc(N=Nc8ccc(NCc9ccc(OC(=O)c%10ccc(OCCCCCCOC(=O)C(=C)C)cc%10)cc9)c9ccccc89)c8ccccc78)cc6)cc5)c5ccccc45)c4ccccc34)cc2)cc1. The zero-order valence-corrected chi connectivity index (χ0v) is 68.0. The number of hydrogen-bond acceptors (Lipinski definition) is 22. The Labute approximate surface area is 711 Å². The van der Waals surface area contributed by atoms with Crippen LogP contribution in [0.15, 0.2) is 356 Å². The lowest BCUT2D eigenvalue weighted by Gasteiger charge is -2.12. The van der Waals surface area contributed by atoms with Crippen LogP contribution >= 0.6 is 0 Å². The van der Waals surface area contributed by atoms with Gasteiger partial charge in [0.05, 0.1) is 88.6 Å². The first-order valence-electron chi connectivity index (χ1n) is 40.6. The molecular formula is C101H88N10O12. The molecule has 0 unspecified atom stereocenters. The first-order valence-corrected chi connectivity index (χ1v) is 40.6. The highest BCUT2D eigenvalue weighted by Gasteiger charge is 2.17. The van der Waals surface area contributed by atoms with Gasteiger partial charge in [-0.2, -0.15) is 10.2 Å². The van der Waals surface area contributed by atoms with Crippen LogP contribution in [0.25, 0.3) is 43.1 Å².